The molecule has 2 aliphatic heterocycles. The molecule has 0 N–H and O–H groups in total. The van der Waals surface area contributed by atoms with Gasteiger partial charge in [-0.25, -0.2) is 9.59 Å². The van der Waals surface area contributed by atoms with Crippen LogP contribution in [0.25, 0.3) is 0 Å². The molecule has 0 saturated carbocycles. The van der Waals surface area contributed by atoms with E-state index in [0.717, 1.165) is 6.42 Å². The van der Waals surface area contributed by atoms with E-state index in [1.807, 2.05) is 0 Å². The van der Waals surface area contributed by atoms with Crippen molar-refractivity contribution >= 4 is 12.1 Å². The lowest BCUT2D eigenvalue weighted by Gasteiger charge is -2.26. The maximum absolute atomic E-state index is 11.2. The van der Waals surface area contributed by atoms with Crippen molar-refractivity contribution < 1.29 is 19.1 Å². The quantitative estimate of drug-likeness (QED) is 0.545. The fourth-order valence-corrected chi connectivity index (χ4v) is 1.83. The molecule has 1 amide bonds. The highest BCUT2D eigenvalue weighted by Crippen LogP contribution is 2.27. The highest BCUT2D eigenvalue weighted by Gasteiger charge is 2.44. The lowest BCUT2D eigenvalue weighted by atomic mass is 10.0. The number of nitrogens with zero attached hydrogens (tertiary/aromatic N) is 1. The normalized spacial score (nSPS) is 31.5. The van der Waals surface area contributed by atoms with E-state index in [-0.39, 0.29) is 12.1 Å². The summed E-state index contributed by atoms with van der Waals surface area (Å²) < 4.78 is 9.59. The van der Waals surface area contributed by atoms with E-state index in [2.05, 4.69) is 4.74 Å². The molecule has 0 spiro atoms. The van der Waals surface area contributed by atoms with Gasteiger partial charge in [-0.15, -0.1) is 0 Å². The molecule has 0 aromatic carbocycles. The van der Waals surface area contributed by atoms with E-state index < -0.39 is 12.1 Å². The average Bonchev–Trinajstić information content (AvgIpc) is 2.42. The molecule has 2 aliphatic rings. The van der Waals surface area contributed by atoms with Gasteiger partial charge in [-0.1, -0.05) is 0 Å². The van der Waals surface area contributed by atoms with Gasteiger partial charge in [0.2, 0.25) is 0 Å². The molecule has 2 atom stereocenters. The van der Waals surface area contributed by atoms with Crippen LogP contribution in [0.5, 0.6) is 0 Å². The van der Waals surface area contributed by atoms with Crippen LogP contribution in [0, 0.1) is 0 Å². The highest BCUT2D eigenvalue weighted by molar-refractivity contribution is 5.82. The Morgan fingerprint density at radius 3 is 3.08 bits per heavy atom. The van der Waals surface area contributed by atoms with E-state index in [4.69, 9.17) is 4.74 Å². The third-order valence-corrected chi connectivity index (χ3v) is 2.51. The smallest absolute Gasteiger partial charge is 0.410 e. The first-order valence-electron chi connectivity index (χ1n) is 4.27. The summed E-state index contributed by atoms with van der Waals surface area (Å²) in [5.74, 6) is -0.350. The molecule has 5 heteroatoms. The molecule has 0 aromatic heterocycles. The van der Waals surface area contributed by atoms with E-state index in [1.54, 1.807) is 0 Å². The topological polar surface area (TPSA) is 55.8 Å². The molecule has 2 bridgehead atoms. The summed E-state index contributed by atoms with van der Waals surface area (Å²) in [5.41, 5.74) is 0. The fraction of sp³-hybridized carbons (Fsp3) is 0.750. The SMILES string of the molecule is COC(=O)[C@H]1CC[C@@H]2CN1C(=O)O2. The number of methoxy groups -OCH3 is 1. The number of hydrogen-bond acceptors (Lipinski definition) is 4. The van der Waals surface area contributed by atoms with Crippen molar-refractivity contribution in [3.8, 4) is 0 Å². The Hall–Kier alpha value is -1.26. The monoisotopic (exact) mass is 185 g/mol. The molecule has 2 rings (SSSR count). The van der Waals surface area contributed by atoms with Crippen molar-refractivity contribution in [3.05, 3.63) is 0 Å². The maximum Gasteiger partial charge on any atom is 0.410 e. The average molecular weight is 185 g/mol. The first kappa shape index (κ1) is 8.34. The summed E-state index contributed by atoms with van der Waals surface area (Å²) in [7, 11) is 1.33. The number of rotatable bonds is 1. The molecule has 0 radical (unpaired) electrons. The summed E-state index contributed by atoms with van der Waals surface area (Å²) in [5, 5.41) is 0. The van der Waals surface area contributed by atoms with Crippen LogP contribution in [0.15, 0.2) is 0 Å². The Morgan fingerprint density at radius 2 is 2.38 bits per heavy atom. The van der Waals surface area contributed by atoms with Crippen LogP contribution in [0.1, 0.15) is 12.8 Å². The van der Waals surface area contributed by atoms with Gasteiger partial charge in [0.25, 0.3) is 0 Å². The first-order valence-corrected chi connectivity index (χ1v) is 4.27. The van der Waals surface area contributed by atoms with Crippen LogP contribution < -0.4 is 0 Å². The molecule has 13 heavy (non-hydrogen) atoms. The van der Waals surface area contributed by atoms with Gasteiger partial charge in [-0.2, -0.15) is 0 Å². The minimum atomic E-state index is -0.434. The molecule has 0 aliphatic carbocycles. The molecule has 72 valence electrons. The summed E-state index contributed by atoms with van der Waals surface area (Å²) in [6, 6.07) is -0.434. The molecule has 2 heterocycles. The maximum atomic E-state index is 11.2. The molecule has 0 aromatic rings. The Kier molecular flexibility index (Phi) is 1.86. The number of piperidine rings is 1. The third-order valence-electron chi connectivity index (χ3n) is 2.51. The van der Waals surface area contributed by atoms with Gasteiger partial charge >= 0.3 is 12.1 Å². The van der Waals surface area contributed by atoms with Gasteiger partial charge in [-0.05, 0) is 12.8 Å². The summed E-state index contributed by atoms with van der Waals surface area (Å²) >= 11 is 0. The van der Waals surface area contributed by atoms with E-state index in [0.29, 0.717) is 13.0 Å². The number of esters is 1. The fourth-order valence-electron chi connectivity index (χ4n) is 1.83. The van der Waals surface area contributed by atoms with Crippen LogP contribution in [-0.2, 0) is 14.3 Å². The van der Waals surface area contributed by atoms with Crippen molar-refractivity contribution in [3.63, 3.8) is 0 Å². The number of ether oxygens (including phenoxy) is 2. The van der Waals surface area contributed by atoms with Crippen molar-refractivity contribution in [2.45, 2.75) is 25.0 Å². The zero-order chi connectivity index (χ0) is 9.42. The number of fused-ring (bicyclic) bond motifs is 2. The van der Waals surface area contributed by atoms with Gasteiger partial charge in [0.05, 0.1) is 13.7 Å². The van der Waals surface area contributed by atoms with Crippen molar-refractivity contribution in [1.29, 1.82) is 0 Å². The van der Waals surface area contributed by atoms with Crippen LogP contribution in [0.2, 0.25) is 0 Å². The molecule has 5 nitrogen and oxygen atoms in total. The molecular formula is C8H11NO4. The number of carbonyl (C=O) groups is 2. The number of carbonyl (C=O) groups excluding carboxylic acids is 2. The molecule has 0 unspecified atom stereocenters. The third kappa shape index (κ3) is 1.24. The second-order valence-electron chi connectivity index (χ2n) is 3.27. The predicted octanol–water partition coefficient (Wildman–Crippen LogP) is 0.143. The minimum Gasteiger partial charge on any atom is -0.467 e. The second kappa shape index (κ2) is 2.90. The van der Waals surface area contributed by atoms with E-state index in [9.17, 15) is 9.59 Å². The van der Waals surface area contributed by atoms with Gasteiger partial charge < -0.3 is 9.47 Å². The number of hydrogen-bond donors (Lipinski definition) is 0. The summed E-state index contributed by atoms with van der Waals surface area (Å²) in [6.45, 7) is 0.526. The van der Waals surface area contributed by atoms with Crippen LogP contribution >= 0.6 is 0 Å². The van der Waals surface area contributed by atoms with Gasteiger partial charge in [-0.3, -0.25) is 4.90 Å². The second-order valence-corrected chi connectivity index (χ2v) is 3.27. The lowest BCUT2D eigenvalue weighted by Crippen LogP contribution is -2.45. The zero-order valence-corrected chi connectivity index (χ0v) is 7.36. The molecular weight excluding hydrogens is 174 g/mol. The minimum absolute atomic E-state index is 0.0200. The van der Waals surface area contributed by atoms with Gasteiger partial charge in [0.1, 0.15) is 12.1 Å². The summed E-state index contributed by atoms with van der Waals surface area (Å²) in [4.78, 5) is 23.9. The zero-order valence-electron chi connectivity index (χ0n) is 7.36. The Bertz CT molecular complexity index is 253. The largest absolute Gasteiger partial charge is 0.467 e. The van der Waals surface area contributed by atoms with Crippen LogP contribution in [-0.4, -0.2) is 42.8 Å². The first-order chi connectivity index (χ1) is 6.22. The van der Waals surface area contributed by atoms with Gasteiger partial charge in [0, 0.05) is 0 Å². The lowest BCUT2D eigenvalue weighted by molar-refractivity contribution is -0.146. The predicted molar refractivity (Wildman–Crippen MR) is 42.0 cm³/mol. The molecule has 2 saturated heterocycles. The Morgan fingerprint density at radius 1 is 1.62 bits per heavy atom. The van der Waals surface area contributed by atoms with Gasteiger partial charge in [0.15, 0.2) is 0 Å². The molecule has 2 fully saturated rings. The number of amides is 1. The van der Waals surface area contributed by atoms with E-state index in [1.165, 1.54) is 12.0 Å². The van der Waals surface area contributed by atoms with Crippen LogP contribution in [0.4, 0.5) is 4.79 Å². The highest BCUT2D eigenvalue weighted by atomic mass is 16.6. The standard InChI is InChI=1S/C8H11NO4/c1-12-7(10)6-3-2-5-4-9(6)8(11)13-5/h5-6H,2-4H2,1H3/t5-,6-/m1/s1. The van der Waals surface area contributed by atoms with Crippen molar-refractivity contribution in [2.24, 2.45) is 0 Å². The van der Waals surface area contributed by atoms with Crippen molar-refractivity contribution in [2.75, 3.05) is 13.7 Å². The summed E-state index contributed by atoms with van der Waals surface area (Å²) in [6.07, 6.45) is 0.983. The van der Waals surface area contributed by atoms with Crippen molar-refractivity contribution in [1.82, 2.24) is 4.90 Å². The van der Waals surface area contributed by atoms with E-state index >= 15 is 0 Å². The Labute approximate surface area is 75.6 Å². The van der Waals surface area contributed by atoms with Crippen LogP contribution in [0.3, 0.4) is 0 Å². The Balaban J connectivity index is 2.13.